The first-order chi connectivity index (χ1) is 39.5. The van der Waals surface area contributed by atoms with Crippen LogP contribution in [0, 0.1) is 22.5 Å². The first kappa shape index (κ1) is 59.1. The van der Waals surface area contributed by atoms with Gasteiger partial charge in [0.05, 0.1) is 65.0 Å². The van der Waals surface area contributed by atoms with Crippen LogP contribution >= 0.6 is 46.4 Å². The summed E-state index contributed by atoms with van der Waals surface area (Å²) in [6.07, 6.45) is 14.3. The number of nitrogens with zero attached hydrogens (tertiary/aromatic N) is 8. The smallest absolute Gasteiger partial charge is 0.410 e. The van der Waals surface area contributed by atoms with Crippen molar-refractivity contribution < 1.29 is 51.1 Å². The maximum absolute atomic E-state index is 14.0. The van der Waals surface area contributed by atoms with Crippen LogP contribution in [0.4, 0.5) is 25.5 Å². The number of hydrogen-bond acceptors (Lipinski definition) is 17. The number of carbonyl (C=O) groups is 4. The lowest BCUT2D eigenvalue weighted by Crippen LogP contribution is -2.43. The molecule has 3 amide bonds. The number of fused-ring (bicyclic) bond motifs is 2. The van der Waals surface area contributed by atoms with E-state index in [1.807, 2.05) is 37.5 Å². The lowest BCUT2D eigenvalue weighted by atomic mass is 9.65. The quantitative estimate of drug-likeness (QED) is 0.0993. The number of halogens is 3. The summed E-state index contributed by atoms with van der Waals surface area (Å²) in [6, 6.07) is 19.8. The predicted octanol–water partition coefficient (Wildman–Crippen LogP) is 13.7. The Labute approximate surface area is 497 Å². The van der Waals surface area contributed by atoms with E-state index in [-0.39, 0.29) is 66.9 Å². The Hall–Kier alpha value is -8.10. The summed E-state index contributed by atoms with van der Waals surface area (Å²) in [5.74, 6) is 0.462. The maximum atomic E-state index is 14.0. The number of thiophene rings is 3. The molecule has 2 saturated carbocycles. The second-order valence-electron chi connectivity index (χ2n) is 21.9. The molecule has 2 aliphatic carbocycles. The van der Waals surface area contributed by atoms with Gasteiger partial charge in [-0.1, -0.05) is 7.43 Å². The molecule has 2 aliphatic heterocycles. The minimum absolute atomic E-state index is 0. The molecule has 0 atom stereocenters. The minimum atomic E-state index is -0.921. The van der Waals surface area contributed by atoms with Crippen LogP contribution in [-0.4, -0.2) is 99.7 Å². The summed E-state index contributed by atoms with van der Waals surface area (Å²) in [4.78, 5) is 75.5. The van der Waals surface area contributed by atoms with Gasteiger partial charge in [0.25, 0.3) is 11.8 Å². The van der Waals surface area contributed by atoms with Crippen LogP contribution in [-0.2, 0) is 4.74 Å². The number of ether oxygens (including phenoxy) is 1. The maximum Gasteiger partial charge on any atom is 0.410 e. The Morgan fingerprint density at radius 1 is 0.667 bits per heavy atom. The number of carboxylic acids is 1. The van der Waals surface area contributed by atoms with Gasteiger partial charge in [0, 0.05) is 43.9 Å². The van der Waals surface area contributed by atoms with Gasteiger partial charge in [-0.05, 0) is 137 Å². The number of hydrogen-bond donors (Lipinski definition) is 4. The Morgan fingerprint density at radius 2 is 1.12 bits per heavy atom. The van der Waals surface area contributed by atoms with Crippen LogP contribution in [0.5, 0.6) is 0 Å². The van der Waals surface area contributed by atoms with E-state index in [0.29, 0.717) is 73.3 Å². The van der Waals surface area contributed by atoms with Gasteiger partial charge in [0.2, 0.25) is 11.9 Å². The largest absolute Gasteiger partial charge is 0.477 e. The van der Waals surface area contributed by atoms with Crippen LogP contribution in [0.15, 0.2) is 124 Å². The second kappa shape index (κ2) is 23.9. The Balaban J connectivity index is 0.000000153. The van der Waals surface area contributed by atoms with Crippen molar-refractivity contribution in [1.82, 2.24) is 44.3 Å². The molecule has 4 aliphatic rings. The molecule has 4 N–H and O–H groups in total. The number of aromatic carboxylic acids is 1. The summed E-state index contributed by atoms with van der Waals surface area (Å²) in [6.45, 7) is 8.98. The molecule has 84 heavy (non-hydrogen) atoms. The fourth-order valence-corrected chi connectivity index (χ4v) is 13.8. The van der Waals surface area contributed by atoms with E-state index in [2.05, 4.69) is 45.4 Å². The number of amides is 3. The Morgan fingerprint density at radius 3 is 1.52 bits per heavy atom. The summed E-state index contributed by atoms with van der Waals surface area (Å²) < 4.78 is 53.1. The molecule has 2 spiro atoms. The Kier molecular flexibility index (Phi) is 16.8. The van der Waals surface area contributed by atoms with Gasteiger partial charge in [0.1, 0.15) is 22.1 Å². The molecule has 2 saturated heterocycles. The van der Waals surface area contributed by atoms with Gasteiger partial charge < -0.3 is 42.4 Å². The molecule has 2 aromatic carbocycles. The molecule has 10 aromatic rings. The third-order valence-corrected chi connectivity index (χ3v) is 18.4. The molecular formula is C58H58ClF2N11O9S3. The van der Waals surface area contributed by atoms with Crippen molar-refractivity contribution in [3.05, 3.63) is 137 Å². The molecule has 4 fully saturated rings. The van der Waals surface area contributed by atoms with Gasteiger partial charge >= 0.3 is 12.1 Å². The predicted molar refractivity (Wildman–Crippen MR) is 317 cm³/mol. The number of anilines is 2. The molecule has 26 heteroatoms. The highest BCUT2D eigenvalue weighted by Gasteiger charge is 2.52. The molecule has 8 aromatic heterocycles. The van der Waals surface area contributed by atoms with E-state index in [1.165, 1.54) is 83.9 Å². The lowest BCUT2D eigenvalue weighted by molar-refractivity contribution is 0.0199. The van der Waals surface area contributed by atoms with Crippen LogP contribution < -0.4 is 16.0 Å². The summed E-state index contributed by atoms with van der Waals surface area (Å²) in [7, 11) is 0. The van der Waals surface area contributed by atoms with Crippen LogP contribution in [0.1, 0.15) is 108 Å². The number of nitrogens with one attached hydrogen (secondary N) is 3. The monoisotopic (exact) mass is 1220 g/mol. The van der Waals surface area contributed by atoms with Crippen molar-refractivity contribution in [2.24, 2.45) is 10.8 Å². The second-order valence-corrected chi connectivity index (χ2v) is 25.1. The van der Waals surface area contributed by atoms with Crippen molar-refractivity contribution in [3.8, 4) is 31.9 Å². The molecular weight excluding hydrogens is 1160 g/mol. The fraction of sp³-hybridized carbons (Fsp3) is 0.328. The molecule has 14 rings (SSSR count). The summed E-state index contributed by atoms with van der Waals surface area (Å²) in [5.41, 5.74) is 2.44. The zero-order valence-corrected chi connectivity index (χ0v) is 48.1. The Bertz CT molecular complexity index is 3960. The van der Waals surface area contributed by atoms with Gasteiger partial charge in [-0.15, -0.1) is 46.4 Å². The van der Waals surface area contributed by atoms with Crippen LogP contribution in [0.2, 0.25) is 0 Å². The standard InChI is InChI=1S/C27H28FN5O4S.C22H20FN5O2S.C8H5NO3S.CH4.ClH/c1-26(2,3)37-25(35)32-9-8-27(14-32)11-17(12-27)33-19-5-4-16(28)10-18(19)30-24(33)31-23(34)22-7-6-21(38-22)20-13-29-15-36-20;23-13-1-2-16-15(7-13)26-21(28(16)14-8-22(9-14)5-6-24-11-22)27-20(29)19-4-3-18(31-19)17-10-25-12-30-17;10-8(11)7-2-1-6(13-7)5-3-9-4-12-5;;/h4-7,10,13,15,17H,8-9,11-12,14H2,1-3H3,(H,30,31,34);1-4,7,10,12,14,24H,5-6,8-9,11H2,(H,26,27,29);1-4H,(H,10,11);1H4;1H. The first-order valence-corrected chi connectivity index (χ1v) is 28.8. The average Bonchev–Trinajstić information content (AvgIpc) is 1.79. The van der Waals surface area contributed by atoms with E-state index in [9.17, 15) is 28.0 Å². The number of carboxylic acid groups (broad SMARTS) is 1. The van der Waals surface area contributed by atoms with E-state index < -0.39 is 11.6 Å². The molecule has 0 bridgehead atoms. The van der Waals surface area contributed by atoms with Gasteiger partial charge in [-0.2, -0.15) is 0 Å². The third-order valence-electron chi connectivity index (χ3n) is 15.1. The first-order valence-electron chi connectivity index (χ1n) is 26.3. The van der Waals surface area contributed by atoms with Crippen LogP contribution in [0.25, 0.3) is 54.0 Å². The van der Waals surface area contributed by atoms with E-state index >= 15 is 0 Å². The lowest BCUT2D eigenvalue weighted by Gasteiger charge is -2.46. The SMILES string of the molecule is C.CC(C)(C)OC(=O)N1CCC2(CC(n3c(NC(=O)c4ccc(-c5cnco5)s4)nc4cc(F)ccc43)C2)C1.Cl.O=C(Nc1nc2cc(F)ccc2n1C1CC2(CCNC2)C1)c1ccc(-c2cnco2)s1.O=C(O)c1ccc(-c2cnco2)s1. The zero-order chi connectivity index (χ0) is 56.9. The molecule has 0 unspecified atom stereocenters. The number of carbonyl (C=O) groups excluding carboxylic acids is 3. The number of benzene rings is 2. The highest BCUT2D eigenvalue weighted by atomic mass is 35.5. The minimum Gasteiger partial charge on any atom is -0.477 e. The topological polar surface area (TPSA) is 251 Å². The molecule has 0 radical (unpaired) electrons. The molecule has 10 heterocycles. The van der Waals surface area contributed by atoms with Crippen molar-refractivity contribution in [3.63, 3.8) is 0 Å². The summed E-state index contributed by atoms with van der Waals surface area (Å²) in [5, 5.41) is 18.0. The van der Waals surface area contributed by atoms with E-state index in [1.54, 1.807) is 59.9 Å². The third kappa shape index (κ3) is 12.3. The van der Waals surface area contributed by atoms with Gasteiger partial charge in [-0.25, -0.2) is 43.3 Å². The van der Waals surface area contributed by atoms with Crippen LogP contribution in [0.3, 0.4) is 0 Å². The van der Waals surface area contributed by atoms with Crippen molar-refractivity contribution >= 4 is 104 Å². The highest BCUT2D eigenvalue weighted by molar-refractivity contribution is 7.18. The van der Waals surface area contributed by atoms with E-state index in [4.69, 9.17) is 23.1 Å². The molecule has 438 valence electrons. The highest BCUT2D eigenvalue weighted by Crippen LogP contribution is 2.56. The number of oxazole rings is 3. The van der Waals surface area contributed by atoms with Gasteiger partial charge in [0.15, 0.2) is 36.5 Å². The van der Waals surface area contributed by atoms with Crippen molar-refractivity contribution in [2.75, 3.05) is 36.8 Å². The number of imidazole rings is 2. The number of aromatic nitrogens is 7. The normalized spacial score (nSPS) is 19.6. The summed E-state index contributed by atoms with van der Waals surface area (Å²) >= 11 is 3.78. The number of likely N-dealkylation sites (tertiary alicyclic amines) is 1. The average molecular weight is 1220 g/mol. The molecule has 20 nitrogen and oxygen atoms in total. The van der Waals surface area contributed by atoms with Crippen molar-refractivity contribution in [1.29, 1.82) is 0 Å². The fourth-order valence-electron chi connectivity index (χ4n) is 11.3. The number of rotatable bonds is 10. The van der Waals surface area contributed by atoms with Gasteiger partial charge in [-0.3, -0.25) is 20.2 Å². The van der Waals surface area contributed by atoms with E-state index in [0.717, 1.165) is 70.9 Å². The zero-order valence-electron chi connectivity index (χ0n) is 44.8. The van der Waals surface area contributed by atoms with Crippen molar-refractivity contribution in [2.45, 2.75) is 84.4 Å².